The van der Waals surface area contributed by atoms with Crippen molar-refractivity contribution in [2.24, 2.45) is 0 Å². The van der Waals surface area contributed by atoms with Gasteiger partial charge in [-0.25, -0.2) is 0 Å². The minimum absolute atomic E-state index is 0.0272. The first-order valence-corrected chi connectivity index (χ1v) is 7.71. The summed E-state index contributed by atoms with van der Waals surface area (Å²) in [5.74, 6) is -0.480. The number of anilines is 2. The van der Waals surface area contributed by atoms with Gasteiger partial charge in [-0.05, 0) is 50.2 Å². The van der Waals surface area contributed by atoms with Crippen LogP contribution in [0.4, 0.5) is 11.4 Å². The number of rotatable bonds is 6. The predicted octanol–water partition coefficient (Wildman–Crippen LogP) is 3.56. The van der Waals surface area contributed by atoms with Gasteiger partial charge in [-0.15, -0.1) is 0 Å². The van der Waals surface area contributed by atoms with Gasteiger partial charge in [0, 0.05) is 29.8 Å². The van der Waals surface area contributed by atoms with Gasteiger partial charge in [0.25, 0.3) is 0 Å². The highest BCUT2D eigenvalue weighted by molar-refractivity contribution is 5.97. The number of hydrogen-bond donors (Lipinski definition) is 2. The van der Waals surface area contributed by atoms with E-state index in [-0.39, 0.29) is 30.4 Å². The smallest absolute Gasteiger partial charge is 0.224 e. The summed E-state index contributed by atoms with van der Waals surface area (Å²) in [6.45, 7) is 3.46. The molecule has 0 bridgehead atoms. The van der Waals surface area contributed by atoms with Crippen molar-refractivity contribution in [3.8, 4) is 0 Å². The number of ketones is 1. The second-order valence-electron chi connectivity index (χ2n) is 5.60. The van der Waals surface area contributed by atoms with E-state index < -0.39 is 0 Å². The van der Waals surface area contributed by atoms with Crippen LogP contribution in [0, 0.1) is 6.92 Å². The second-order valence-corrected chi connectivity index (χ2v) is 5.60. The molecule has 0 saturated heterocycles. The van der Waals surface area contributed by atoms with Crippen molar-refractivity contribution in [2.45, 2.75) is 26.7 Å². The zero-order chi connectivity index (χ0) is 17.5. The van der Waals surface area contributed by atoms with Crippen LogP contribution in [-0.4, -0.2) is 17.6 Å². The molecule has 2 N–H and O–H groups in total. The van der Waals surface area contributed by atoms with Gasteiger partial charge >= 0.3 is 0 Å². The van der Waals surface area contributed by atoms with E-state index in [0.717, 1.165) is 5.56 Å². The van der Waals surface area contributed by atoms with Crippen LogP contribution in [-0.2, 0) is 9.59 Å². The Morgan fingerprint density at radius 1 is 0.750 bits per heavy atom. The maximum Gasteiger partial charge on any atom is 0.224 e. The highest BCUT2D eigenvalue weighted by Crippen LogP contribution is 2.12. The van der Waals surface area contributed by atoms with Gasteiger partial charge in [0.2, 0.25) is 11.8 Å². The molecular formula is C19H20N2O3. The Labute approximate surface area is 141 Å². The maximum atomic E-state index is 11.9. The van der Waals surface area contributed by atoms with Crippen molar-refractivity contribution in [3.05, 3.63) is 59.7 Å². The molecule has 0 radical (unpaired) electrons. The Morgan fingerprint density at radius 3 is 1.58 bits per heavy atom. The summed E-state index contributed by atoms with van der Waals surface area (Å²) in [4.78, 5) is 34.9. The summed E-state index contributed by atoms with van der Waals surface area (Å²) in [6, 6.07) is 14.1. The Kier molecular flexibility index (Phi) is 5.84. The monoisotopic (exact) mass is 324 g/mol. The molecule has 2 aromatic carbocycles. The topological polar surface area (TPSA) is 75.3 Å². The van der Waals surface area contributed by atoms with E-state index in [1.165, 1.54) is 6.92 Å². The summed E-state index contributed by atoms with van der Waals surface area (Å²) in [6.07, 6.45) is 0.192. The van der Waals surface area contributed by atoms with Crippen LogP contribution in [0.5, 0.6) is 0 Å². The van der Waals surface area contributed by atoms with Crippen molar-refractivity contribution in [1.29, 1.82) is 0 Å². The lowest BCUT2D eigenvalue weighted by Crippen LogP contribution is -2.17. The van der Waals surface area contributed by atoms with Crippen LogP contribution in [0.3, 0.4) is 0 Å². The quantitative estimate of drug-likeness (QED) is 0.798. The highest BCUT2D eigenvalue weighted by atomic mass is 16.2. The average Bonchev–Trinajstić information content (AvgIpc) is 2.55. The largest absolute Gasteiger partial charge is 0.326 e. The predicted molar refractivity (Wildman–Crippen MR) is 94.1 cm³/mol. The van der Waals surface area contributed by atoms with E-state index >= 15 is 0 Å². The molecule has 124 valence electrons. The summed E-state index contributed by atoms with van der Waals surface area (Å²) in [7, 11) is 0. The molecule has 0 saturated carbocycles. The minimum Gasteiger partial charge on any atom is -0.326 e. The van der Waals surface area contributed by atoms with Crippen LogP contribution in [0.25, 0.3) is 0 Å². The van der Waals surface area contributed by atoms with Crippen molar-refractivity contribution in [2.75, 3.05) is 10.6 Å². The molecule has 2 amide bonds. The van der Waals surface area contributed by atoms with E-state index in [4.69, 9.17) is 0 Å². The van der Waals surface area contributed by atoms with Crippen LogP contribution < -0.4 is 10.6 Å². The first-order chi connectivity index (χ1) is 11.4. The summed E-state index contributed by atoms with van der Waals surface area (Å²) < 4.78 is 0. The fraction of sp³-hybridized carbons (Fsp3) is 0.211. The third-order valence-electron chi connectivity index (χ3n) is 3.49. The Bertz CT molecular complexity index is 734. The van der Waals surface area contributed by atoms with Gasteiger partial charge in [-0.3, -0.25) is 14.4 Å². The van der Waals surface area contributed by atoms with Crippen molar-refractivity contribution >= 4 is 29.0 Å². The average molecular weight is 324 g/mol. The number of nitrogens with one attached hydrogen (secondary N) is 2. The van der Waals surface area contributed by atoms with Crippen LogP contribution in [0.15, 0.2) is 48.5 Å². The standard InChI is InChI=1S/C19H20N2O3/c1-13-3-7-16(8-4-13)20-18(23)11-12-19(24)21-17-9-5-15(6-10-17)14(2)22/h3-10H,11-12H2,1-2H3,(H,20,23)(H,21,24). The maximum absolute atomic E-state index is 11.9. The Balaban J connectivity index is 1.78. The van der Waals surface area contributed by atoms with E-state index in [0.29, 0.717) is 16.9 Å². The van der Waals surface area contributed by atoms with E-state index in [1.54, 1.807) is 24.3 Å². The number of carbonyl (C=O) groups excluding carboxylic acids is 3. The van der Waals surface area contributed by atoms with Gasteiger partial charge < -0.3 is 10.6 Å². The lowest BCUT2D eigenvalue weighted by Gasteiger charge is -2.07. The van der Waals surface area contributed by atoms with E-state index in [1.807, 2.05) is 31.2 Å². The highest BCUT2D eigenvalue weighted by Gasteiger charge is 2.08. The lowest BCUT2D eigenvalue weighted by molar-refractivity contribution is -0.121. The van der Waals surface area contributed by atoms with Crippen LogP contribution >= 0.6 is 0 Å². The molecule has 5 heteroatoms. The molecule has 0 aliphatic heterocycles. The van der Waals surface area contributed by atoms with Gasteiger partial charge in [-0.1, -0.05) is 17.7 Å². The molecule has 2 aromatic rings. The van der Waals surface area contributed by atoms with Crippen LogP contribution in [0.1, 0.15) is 35.7 Å². The molecule has 2 rings (SSSR count). The van der Waals surface area contributed by atoms with E-state index in [9.17, 15) is 14.4 Å². The molecule has 0 aromatic heterocycles. The minimum atomic E-state index is -0.246. The third-order valence-corrected chi connectivity index (χ3v) is 3.49. The van der Waals surface area contributed by atoms with Gasteiger partial charge in [0.05, 0.1) is 0 Å². The van der Waals surface area contributed by atoms with Gasteiger partial charge in [-0.2, -0.15) is 0 Å². The van der Waals surface area contributed by atoms with E-state index in [2.05, 4.69) is 10.6 Å². The molecule has 0 atom stereocenters. The molecule has 24 heavy (non-hydrogen) atoms. The molecule has 0 fully saturated rings. The zero-order valence-electron chi connectivity index (χ0n) is 13.8. The Hall–Kier alpha value is -2.95. The fourth-order valence-corrected chi connectivity index (χ4v) is 2.10. The molecule has 0 unspecified atom stereocenters. The molecule has 0 spiro atoms. The third kappa shape index (κ3) is 5.35. The van der Waals surface area contributed by atoms with Crippen molar-refractivity contribution in [1.82, 2.24) is 0 Å². The fourth-order valence-electron chi connectivity index (χ4n) is 2.10. The normalized spacial score (nSPS) is 10.1. The number of hydrogen-bond acceptors (Lipinski definition) is 3. The first kappa shape index (κ1) is 17.4. The molecule has 0 heterocycles. The van der Waals surface area contributed by atoms with Crippen molar-refractivity contribution < 1.29 is 14.4 Å². The van der Waals surface area contributed by atoms with Gasteiger partial charge in [0.1, 0.15) is 0 Å². The summed E-state index contributed by atoms with van der Waals surface area (Å²) in [5, 5.41) is 5.46. The Morgan fingerprint density at radius 2 is 1.17 bits per heavy atom. The van der Waals surface area contributed by atoms with Crippen LogP contribution in [0.2, 0.25) is 0 Å². The number of amides is 2. The summed E-state index contributed by atoms with van der Waals surface area (Å²) in [5.41, 5.74) is 3.02. The molecule has 0 aliphatic carbocycles. The molecular weight excluding hydrogens is 304 g/mol. The number of benzene rings is 2. The zero-order valence-corrected chi connectivity index (χ0v) is 13.8. The summed E-state index contributed by atoms with van der Waals surface area (Å²) >= 11 is 0. The number of aryl methyl sites for hydroxylation is 1. The first-order valence-electron chi connectivity index (χ1n) is 7.71. The SMILES string of the molecule is CC(=O)c1ccc(NC(=O)CCC(=O)Nc2ccc(C)cc2)cc1. The number of carbonyl (C=O) groups is 3. The molecule has 0 aliphatic rings. The van der Waals surface area contributed by atoms with Crippen molar-refractivity contribution in [3.63, 3.8) is 0 Å². The lowest BCUT2D eigenvalue weighted by atomic mass is 10.1. The number of Topliss-reactive ketones (excluding diaryl/α,β-unsaturated/α-hetero) is 1. The van der Waals surface area contributed by atoms with Gasteiger partial charge in [0.15, 0.2) is 5.78 Å². The molecule has 5 nitrogen and oxygen atoms in total. The second kappa shape index (κ2) is 8.06.